The second-order valence-corrected chi connectivity index (χ2v) is 5.93. The van der Waals surface area contributed by atoms with E-state index in [0.717, 1.165) is 16.5 Å². The Kier molecular flexibility index (Phi) is 4.40. The van der Waals surface area contributed by atoms with Crippen LogP contribution in [0.2, 0.25) is 5.02 Å². The molecule has 122 valence electrons. The molecule has 3 aromatic rings. The molecular weight excluding hydrogens is 324 g/mol. The fourth-order valence-electron chi connectivity index (χ4n) is 2.80. The van der Waals surface area contributed by atoms with Gasteiger partial charge in [0.1, 0.15) is 5.75 Å². The monoisotopic (exact) mass is 340 g/mol. The molecule has 0 fully saturated rings. The van der Waals surface area contributed by atoms with Crippen molar-refractivity contribution in [1.29, 1.82) is 0 Å². The summed E-state index contributed by atoms with van der Waals surface area (Å²) in [6, 6.07) is 12.9. The molecule has 1 aromatic heterocycles. The van der Waals surface area contributed by atoms with Crippen LogP contribution in [-0.2, 0) is 0 Å². The number of aryl methyl sites for hydroxylation is 2. The highest BCUT2D eigenvalue weighted by atomic mass is 35.5. The van der Waals surface area contributed by atoms with Gasteiger partial charge in [0.05, 0.1) is 28.9 Å². The summed E-state index contributed by atoms with van der Waals surface area (Å²) < 4.78 is 5.12. The number of nitrogens with one attached hydrogen (secondary N) is 1. The number of anilines is 1. The van der Waals surface area contributed by atoms with Gasteiger partial charge in [-0.05, 0) is 43.7 Å². The summed E-state index contributed by atoms with van der Waals surface area (Å²) in [4.78, 5) is 17.3. The summed E-state index contributed by atoms with van der Waals surface area (Å²) in [6.07, 6.45) is 0. The maximum absolute atomic E-state index is 12.7. The summed E-state index contributed by atoms with van der Waals surface area (Å²) in [5.74, 6) is 0.360. The largest absolute Gasteiger partial charge is 0.495 e. The average molecular weight is 341 g/mol. The Bertz CT molecular complexity index is 938. The van der Waals surface area contributed by atoms with Crippen LogP contribution in [0.3, 0.4) is 0 Å². The Morgan fingerprint density at radius 3 is 2.62 bits per heavy atom. The zero-order valence-corrected chi connectivity index (χ0v) is 14.4. The zero-order valence-electron chi connectivity index (χ0n) is 13.7. The fraction of sp³-hybridized carbons (Fsp3) is 0.158. The zero-order chi connectivity index (χ0) is 17.3. The van der Waals surface area contributed by atoms with Gasteiger partial charge in [0.2, 0.25) is 0 Å². The Morgan fingerprint density at radius 2 is 1.92 bits per heavy atom. The summed E-state index contributed by atoms with van der Waals surface area (Å²) in [5.41, 5.74) is 3.69. The van der Waals surface area contributed by atoms with Crippen LogP contribution in [0.5, 0.6) is 5.75 Å². The lowest BCUT2D eigenvalue weighted by atomic mass is 10.0. The van der Waals surface area contributed by atoms with Crippen molar-refractivity contribution in [2.24, 2.45) is 0 Å². The molecule has 24 heavy (non-hydrogen) atoms. The molecule has 0 aliphatic rings. The number of benzene rings is 2. The van der Waals surface area contributed by atoms with Gasteiger partial charge >= 0.3 is 0 Å². The third kappa shape index (κ3) is 2.93. The quantitative estimate of drug-likeness (QED) is 0.747. The van der Waals surface area contributed by atoms with Crippen LogP contribution in [0.1, 0.15) is 21.6 Å². The van der Waals surface area contributed by atoms with Crippen molar-refractivity contribution in [1.82, 2.24) is 4.98 Å². The molecule has 0 spiro atoms. The minimum Gasteiger partial charge on any atom is -0.495 e. The van der Waals surface area contributed by atoms with E-state index >= 15 is 0 Å². The number of pyridine rings is 1. The SMILES string of the molecule is COc1ccc(NC(=O)c2c(C)nc3ccccc3c2C)cc1Cl. The second kappa shape index (κ2) is 6.49. The highest BCUT2D eigenvalue weighted by Crippen LogP contribution is 2.28. The third-order valence-corrected chi connectivity index (χ3v) is 4.27. The minimum absolute atomic E-state index is 0.204. The number of fused-ring (bicyclic) bond motifs is 1. The Labute approximate surface area is 145 Å². The van der Waals surface area contributed by atoms with Gasteiger partial charge in [-0.15, -0.1) is 0 Å². The molecule has 0 aliphatic heterocycles. The third-order valence-electron chi connectivity index (χ3n) is 3.97. The number of halogens is 1. The summed E-state index contributed by atoms with van der Waals surface area (Å²) in [6.45, 7) is 3.78. The molecule has 1 heterocycles. The summed E-state index contributed by atoms with van der Waals surface area (Å²) in [7, 11) is 1.55. The van der Waals surface area contributed by atoms with E-state index in [9.17, 15) is 4.79 Å². The van der Waals surface area contributed by atoms with E-state index in [0.29, 0.717) is 27.7 Å². The number of para-hydroxylation sites is 1. The first kappa shape index (κ1) is 16.3. The highest BCUT2D eigenvalue weighted by Gasteiger charge is 2.17. The number of hydrogen-bond acceptors (Lipinski definition) is 3. The van der Waals surface area contributed by atoms with Gasteiger partial charge in [0.25, 0.3) is 5.91 Å². The topological polar surface area (TPSA) is 51.2 Å². The molecule has 0 bridgehead atoms. The van der Waals surface area contributed by atoms with Gasteiger partial charge in [-0.25, -0.2) is 0 Å². The number of rotatable bonds is 3. The number of amides is 1. The lowest BCUT2D eigenvalue weighted by Crippen LogP contribution is -2.16. The maximum atomic E-state index is 12.7. The van der Waals surface area contributed by atoms with Crippen molar-refractivity contribution < 1.29 is 9.53 Å². The molecule has 0 saturated heterocycles. The predicted octanol–water partition coefficient (Wildman–Crippen LogP) is 4.77. The molecule has 5 heteroatoms. The van der Waals surface area contributed by atoms with Crippen molar-refractivity contribution in [3.05, 3.63) is 64.3 Å². The van der Waals surface area contributed by atoms with Gasteiger partial charge in [0.15, 0.2) is 0 Å². The van der Waals surface area contributed by atoms with Crippen LogP contribution in [-0.4, -0.2) is 18.0 Å². The van der Waals surface area contributed by atoms with Crippen molar-refractivity contribution in [3.63, 3.8) is 0 Å². The number of methoxy groups -OCH3 is 1. The van der Waals surface area contributed by atoms with Crippen LogP contribution in [0.25, 0.3) is 10.9 Å². The van der Waals surface area contributed by atoms with Crippen molar-refractivity contribution in [3.8, 4) is 5.75 Å². The van der Waals surface area contributed by atoms with Gasteiger partial charge in [0, 0.05) is 11.1 Å². The molecular formula is C19H17ClN2O2. The van der Waals surface area contributed by atoms with E-state index in [1.165, 1.54) is 0 Å². The smallest absolute Gasteiger partial charge is 0.257 e. The number of nitrogens with zero attached hydrogens (tertiary/aromatic N) is 1. The second-order valence-electron chi connectivity index (χ2n) is 5.52. The van der Waals surface area contributed by atoms with E-state index in [1.54, 1.807) is 25.3 Å². The van der Waals surface area contributed by atoms with Crippen LogP contribution >= 0.6 is 11.6 Å². The minimum atomic E-state index is -0.204. The molecule has 0 radical (unpaired) electrons. The summed E-state index contributed by atoms with van der Waals surface area (Å²) >= 11 is 6.11. The van der Waals surface area contributed by atoms with E-state index in [-0.39, 0.29) is 5.91 Å². The average Bonchev–Trinajstić information content (AvgIpc) is 2.55. The van der Waals surface area contributed by atoms with E-state index in [1.807, 2.05) is 38.1 Å². The fourth-order valence-corrected chi connectivity index (χ4v) is 3.06. The Hall–Kier alpha value is -2.59. The molecule has 1 amide bonds. The summed E-state index contributed by atoms with van der Waals surface area (Å²) in [5, 5.41) is 4.30. The number of ether oxygens (including phenoxy) is 1. The van der Waals surface area contributed by atoms with Crippen LogP contribution < -0.4 is 10.1 Å². The Morgan fingerprint density at radius 1 is 1.17 bits per heavy atom. The molecule has 1 N–H and O–H groups in total. The van der Waals surface area contributed by atoms with Gasteiger partial charge < -0.3 is 10.1 Å². The van der Waals surface area contributed by atoms with Gasteiger partial charge in [-0.2, -0.15) is 0 Å². The van der Waals surface area contributed by atoms with E-state index in [4.69, 9.17) is 16.3 Å². The maximum Gasteiger partial charge on any atom is 0.257 e. The standard InChI is InChI=1S/C19H17ClN2O2/c1-11-14-6-4-5-7-16(14)21-12(2)18(11)19(23)22-13-8-9-17(24-3)15(20)10-13/h4-10H,1-3H3,(H,22,23). The molecule has 0 atom stereocenters. The van der Waals surface area contributed by atoms with Gasteiger partial charge in [-0.1, -0.05) is 29.8 Å². The van der Waals surface area contributed by atoms with E-state index in [2.05, 4.69) is 10.3 Å². The van der Waals surface area contributed by atoms with Crippen LogP contribution in [0.4, 0.5) is 5.69 Å². The molecule has 0 aliphatic carbocycles. The normalized spacial score (nSPS) is 10.7. The van der Waals surface area contributed by atoms with Crippen molar-refractivity contribution in [2.75, 3.05) is 12.4 Å². The van der Waals surface area contributed by atoms with Crippen LogP contribution in [0, 0.1) is 13.8 Å². The number of hydrogen-bond donors (Lipinski definition) is 1. The van der Waals surface area contributed by atoms with E-state index < -0.39 is 0 Å². The number of carbonyl (C=O) groups excluding carboxylic acids is 1. The molecule has 3 rings (SSSR count). The first-order chi connectivity index (χ1) is 11.5. The Balaban J connectivity index is 1.98. The van der Waals surface area contributed by atoms with Crippen molar-refractivity contribution in [2.45, 2.75) is 13.8 Å². The first-order valence-electron chi connectivity index (χ1n) is 7.52. The molecule has 0 saturated carbocycles. The lowest BCUT2D eigenvalue weighted by molar-refractivity contribution is 0.102. The first-order valence-corrected chi connectivity index (χ1v) is 7.90. The number of aromatic nitrogens is 1. The molecule has 4 nitrogen and oxygen atoms in total. The molecule has 0 unspecified atom stereocenters. The number of carbonyl (C=O) groups is 1. The van der Waals surface area contributed by atoms with Gasteiger partial charge in [-0.3, -0.25) is 9.78 Å². The lowest BCUT2D eigenvalue weighted by Gasteiger charge is -2.13. The van der Waals surface area contributed by atoms with Crippen LogP contribution in [0.15, 0.2) is 42.5 Å². The van der Waals surface area contributed by atoms with Crippen molar-refractivity contribution >= 4 is 34.1 Å². The molecule has 2 aromatic carbocycles. The highest BCUT2D eigenvalue weighted by molar-refractivity contribution is 6.32. The predicted molar refractivity (Wildman–Crippen MR) is 97.2 cm³/mol.